The van der Waals surface area contributed by atoms with E-state index in [1.807, 2.05) is 0 Å². The van der Waals surface area contributed by atoms with Crippen molar-refractivity contribution in [2.45, 2.75) is 18.7 Å². The number of nitrogens with two attached hydrogens (primary N) is 1. The summed E-state index contributed by atoms with van der Waals surface area (Å²) >= 11 is 0. The molecule has 156 valence electrons. The zero-order valence-corrected chi connectivity index (χ0v) is 15.4. The summed E-state index contributed by atoms with van der Waals surface area (Å²) in [7, 11) is 0. The highest BCUT2D eigenvalue weighted by molar-refractivity contribution is 5.98. The maximum Gasteiger partial charge on any atom is 0.417 e. The lowest BCUT2D eigenvalue weighted by Gasteiger charge is -2.28. The van der Waals surface area contributed by atoms with Crippen molar-refractivity contribution in [1.29, 1.82) is 10.5 Å². The molecule has 30 heavy (non-hydrogen) atoms. The molecule has 2 aromatic carbocycles. The van der Waals surface area contributed by atoms with Crippen molar-refractivity contribution in [3.8, 4) is 17.9 Å². The minimum atomic E-state index is -4.86. The van der Waals surface area contributed by atoms with Crippen molar-refractivity contribution in [3.05, 3.63) is 58.9 Å². The number of carbonyl (C=O) groups is 1. The number of anilines is 1. The smallest absolute Gasteiger partial charge is 0.417 e. The fourth-order valence-corrected chi connectivity index (χ4v) is 2.35. The van der Waals surface area contributed by atoms with Gasteiger partial charge in [-0.15, -0.1) is 0 Å². The zero-order chi connectivity index (χ0) is 22.7. The first kappa shape index (κ1) is 22.6. The number of rotatable bonds is 5. The van der Waals surface area contributed by atoms with E-state index in [9.17, 15) is 27.5 Å². The van der Waals surface area contributed by atoms with Crippen molar-refractivity contribution in [3.63, 3.8) is 0 Å². The van der Waals surface area contributed by atoms with Crippen LogP contribution in [0.1, 0.15) is 23.6 Å². The molecule has 0 spiro atoms. The zero-order valence-electron chi connectivity index (χ0n) is 15.4. The van der Waals surface area contributed by atoms with Gasteiger partial charge in [-0.3, -0.25) is 4.79 Å². The van der Waals surface area contributed by atoms with Crippen LogP contribution >= 0.6 is 0 Å². The molecule has 2 aromatic rings. The van der Waals surface area contributed by atoms with Gasteiger partial charge < -0.3 is 9.84 Å². The summed E-state index contributed by atoms with van der Waals surface area (Å²) in [5.41, 5.74) is -4.92. The Hall–Kier alpha value is -3.67. The maximum absolute atomic E-state index is 13.6. The third-order valence-corrected chi connectivity index (χ3v) is 3.97. The Kier molecular flexibility index (Phi) is 6.31. The molecule has 11 heteroatoms. The third kappa shape index (κ3) is 4.84. The summed E-state index contributed by atoms with van der Waals surface area (Å²) in [6.45, 7) is 0.288. The molecule has 0 aliphatic heterocycles. The summed E-state index contributed by atoms with van der Waals surface area (Å²) in [6.07, 6.45) is -4.86. The number of hydrogen-bond donors (Lipinski definition) is 2. The quantitative estimate of drug-likeness (QED) is 0.330. The number of nitrogens with zero attached hydrogens (tertiary/aromatic N) is 3. The highest BCUT2D eigenvalue weighted by Crippen LogP contribution is 2.34. The first-order valence-electron chi connectivity index (χ1n) is 8.16. The normalized spacial score (nSPS) is 13.0. The molecule has 0 radical (unpaired) electrons. The molecule has 3 N–H and O–H groups in total. The molecule has 0 heterocycles. The Bertz CT molecular complexity index is 1060. The lowest BCUT2D eigenvalue weighted by atomic mass is 10.0. The minimum Gasteiger partial charge on any atom is -0.490 e. The van der Waals surface area contributed by atoms with E-state index in [0.29, 0.717) is 11.1 Å². The van der Waals surface area contributed by atoms with Gasteiger partial charge in [0, 0.05) is 6.07 Å². The number of nitriles is 2. The van der Waals surface area contributed by atoms with Crippen LogP contribution in [0.5, 0.6) is 5.75 Å². The van der Waals surface area contributed by atoms with E-state index < -0.39 is 46.9 Å². The number of alkyl halides is 3. The molecule has 0 aromatic heterocycles. The van der Waals surface area contributed by atoms with Crippen LogP contribution < -0.4 is 15.6 Å². The number of hydrazine groups is 1. The van der Waals surface area contributed by atoms with E-state index in [1.54, 1.807) is 6.07 Å². The van der Waals surface area contributed by atoms with E-state index in [4.69, 9.17) is 21.1 Å². The molecule has 0 aliphatic rings. The largest absolute Gasteiger partial charge is 0.490 e. The van der Waals surface area contributed by atoms with Crippen LogP contribution in [-0.2, 0) is 11.0 Å². The maximum atomic E-state index is 13.6. The summed E-state index contributed by atoms with van der Waals surface area (Å²) in [6, 6.07) is 8.60. The number of halogens is 4. The number of carbonyl (C=O) groups excluding carboxylic acids is 1. The van der Waals surface area contributed by atoms with Crippen LogP contribution in [0.2, 0.25) is 0 Å². The lowest BCUT2D eigenvalue weighted by Crippen LogP contribution is -2.53. The van der Waals surface area contributed by atoms with Crippen molar-refractivity contribution in [1.82, 2.24) is 0 Å². The Labute approximate surface area is 168 Å². The number of hydrogen-bond acceptors (Lipinski definition) is 6. The summed E-state index contributed by atoms with van der Waals surface area (Å²) in [4.78, 5) is 12.5. The van der Waals surface area contributed by atoms with Crippen molar-refractivity contribution < 1.29 is 32.2 Å². The van der Waals surface area contributed by atoms with Crippen molar-refractivity contribution in [2.24, 2.45) is 5.84 Å². The molecule has 7 nitrogen and oxygen atoms in total. The van der Waals surface area contributed by atoms with Gasteiger partial charge in [0.25, 0.3) is 5.91 Å². The van der Waals surface area contributed by atoms with Crippen molar-refractivity contribution in [2.75, 3.05) is 11.6 Å². The number of aliphatic hydroxyl groups is 1. The molecule has 0 saturated heterocycles. The molecule has 0 aliphatic carbocycles. The number of amides is 1. The molecule has 1 atom stereocenters. The third-order valence-electron chi connectivity index (χ3n) is 3.97. The Morgan fingerprint density at radius 1 is 1.17 bits per heavy atom. The summed E-state index contributed by atoms with van der Waals surface area (Å²) in [5.74, 6) is 3.40. The molecule has 0 fully saturated rings. The Morgan fingerprint density at radius 3 is 2.30 bits per heavy atom. The van der Waals surface area contributed by atoms with E-state index in [0.717, 1.165) is 31.2 Å². The molecular formula is C19H14F4N4O3. The van der Waals surface area contributed by atoms with Crippen LogP contribution in [0.25, 0.3) is 0 Å². The van der Waals surface area contributed by atoms with Gasteiger partial charge in [0.2, 0.25) is 0 Å². The average molecular weight is 422 g/mol. The fourth-order valence-electron chi connectivity index (χ4n) is 2.35. The van der Waals surface area contributed by atoms with Gasteiger partial charge in [0.05, 0.1) is 28.4 Å². The molecule has 0 saturated carbocycles. The number of benzene rings is 2. The summed E-state index contributed by atoms with van der Waals surface area (Å²) < 4.78 is 58.0. The molecule has 1 unspecified atom stereocenters. The average Bonchev–Trinajstić information content (AvgIpc) is 2.70. The molecule has 1 amide bonds. The summed E-state index contributed by atoms with van der Waals surface area (Å²) in [5, 5.41) is 28.2. The second kappa shape index (κ2) is 8.37. The monoisotopic (exact) mass is 422 g/mol. The van der Waals surface area contributed by atoms with Crippen molar-refractivity contribution >= 4 is 11.6 Å². The first-order chi connectivity index (χ1) is 13.9. The Morgan fingerprint density at radius 2 is 1.77 bits per heavy atom. The highest BCUT2D eigenvalue weighted by Gasteiger charge is 2.38. The number of ether oxygens (including phenoxy) is 1. The standard InChI is InChI=1S/C19H14F4N4O3/c1-18(29,10-30-14-5-3-12(9-25)16(20)7-14)17(28)27(26)13-4-2-11(8-24)15(6-13)19(21,22)23/h2-7,29H,10,26H2,1H3. The van der Waals surface area contributed by atoms with Crippen LogP contribution in [0.4, 0.5) is 23.2 Å². The van der Waals surface area contributed by atoms with Gasteiger partial charge in [0.1, 0.15) is 24.2 Å². The van der Waals surface area contributed by atoms with Crippen LogP contribution in [0, 0.1) is 28.5 Å². The topological polar surface area (TPSA) is 123 Å². The van der Waals surface area contributed by atoms with E-state index in [-0.39, 0.29) is 11.3 Å². The van der Waals surface area contributed by atoms with Crippen LogP contribution in [-0.4, -0.2) is 23.2 Å². The molecule has 2 rings (SSSR count). The van der Waals surface area contributed by atoms with Crippen LogP contribution in [0.3, 0.4) is 0 Å². The predicted octanol–water partition coefficient (Wildman–Crippen LogP) is 2.62. The first-order valence-corrected chi connectivity index (χ1v) is 8.16. The second-order valence-electron chi connectivity index (χ2n) is 6.33. The predicted molar refractivity (Wildman–Crippen MR) is 95.1 cm³/mol. The minimum absolute atomic E-state index is 0.0964. The van der Waals surface area contributed by atoms with E-state index in [2.05, 4.69) is 0 Å². The van der Waals surface area contributed by atoms with Crippen LogP contribution in [0.15, 0.2) is 36.4 Å². The SMILES string of the molecule is CC(O)(COc1ccc(C#N)c(F)c1)C(=O)N(N)c1ccc(C#N)c(C(F)(F)F)c1. The molecule has 0 bridgehead atoms. The van der Waals surface area contributed by atoms with Gasteiger partial charge in [0.15, 0.2) is 5.60 Å². The molecular weight excluding hydrogens is 408 g/mol. The highest BCUT2D eigenvalue weighted by atomic mass is 19.4. The van der Waals surface area contributed by atoms with Gasteiger partial charge in [-0.1, -0.05) is 0 Å². The second-order valence-corrected chi connectivity index (χ2v) is 6.33. The fraction of sp³-hybridized carbons (Fsp3) is 0.211. The van der Waals surface area contributed by atoms with E-state index >= 15 is 0 Å². The van der Waals surface area contributed by atoms with Gasteiger partial charge in [-0.25, -0.2) is 15.2 Å². The lowest BCUT2D eigenvalue weighted by molar-refractivity contribution is -0.139. The van der Waals surface area contributed by atoms with Gasteiger partial charge >= 0.3 is 6.18 Å². The Balaban J connectivity index is 2.21. The van der Waals surface area contributed by atoms with Gasteiger partial charge in [-0.05, 0) is 37.3 Å². The van der Waals surface area contributed by atoms with Gasteiger partial charge in [-0.2, -0.15) is 23.7 Å². The van der Waals surface area contributed by atoms with E-state index in [1.165, 1.54) is 12.1 Å².